The number of rotatable bonds is 1. The van der Waals surface area contributed by atoms with E-state index in [9.17, 15) is 0 Å². The normalized spacial score (nSPS) is 34.3. The van der Waals surface area contributed by atoms with Gasteiger partial charge in [-0.3, -0.25) is 3.11 Å². The third kappa shape index (κ3) is 2.39. The van der Waals surface area contributed by atoms with E-state index in [2.05, 4.69) is 60.4 Å². The SMILES string of the molecule is BC1CN(C(C)C)C(B)CN1I. The van der Waals surface area contributed by atoms with Gasteiger partial charge in [0.25, 0.3) is 0 Å². The number of hydrogen-bond acceptors (Lipinski definition) is 2. The number of piperazine rings is 1. The molecule has 1 aliphatic rings. The van der Waals surface area contributed by atoms with Gasteiger partial charge in [0.2, 0.25) is 0 Å². The van der Waals surface area contributed by atoms with Gasteiger partial charge < -0.3 is 4.90 Å². The summed E-state index contributed by atoms with van der Waals surface area (Å²) in [6, 6.07) is 0.688. The Morgan fingerprint density at radius 2 is 1.83 bits per heavy atom. The van der Waals surface area contributed by atoms with Crippen LogP contribution in [0.25, 0.3) is 0 Å². The van der Waals surface area contributed by atoms with Gasteiger partial charge in [0.1, 0.15) is 15.7 Å². The molecule has 2 atom stereocenters. The van der Waals surface area contributed by atoms with Crippen molar-refractivity contribution in [2.75, 3.05) is 13.1 Å². The molecule has 12 heavy (non-hydrogen) atoms. The highest BCUT2D eigenvalue weighted by Gasteiger charge is 2.28. The molecule has 1 saturated heterocycles. The van der Waals surface area contributed by atoms with Crippen molar-refractivity contribution in [1.82, 2.24) is 8.01 Å². The fraction of sp³-hybridized carbons (Fsp3) is 1.00. The second-order valence-corrected chi connectivity index (χ2v) is 5.31. The summed E-state index contributed by atoms with van der Waals surface area (Å²) in [4.78, 5) is 2.58. The standard InChI is InChI=1S/C7H17B2IN2/c1-5(2)11-3-7(9)12(10)4-6(11)8/h5-7H,3-4,8-9H2,1-2H3. The minimum Gasteiger partial charge on any atom is -0.304 e. The zero-order chi connectivity index (χ0) is 9.30. The van der Waals surface area contributed by atoms with E-state index in [1.807, 2.05) is 0 Å². The summed E-state index contributed by atoms with van der Waals surface area (Å²) in [5.74, 6) is 1.40. The molecule has 1 aliphatic heterocycles. The summed E-state index contributed by atoms with van der Waals surface area (Å²) < 4.78 is 2.42. The van der Waals surface area contributed by atoms with Crippen molar-refractivity contribution in [2.24, 2.45) is 0 Å². The van der Waals surface area contributed by atoms with Crippen LogP contribution in [0, 0.1) is 0 Å². The van der Waals surface area contributed by atoms with Gasteiger partial charge in [-0.25, -0.2) is 0 Å². The van der Waals surface area contributed by atoms with Crippen molar-refractivity contribution >= 4 is 38.6 Å². The molecule has 1 rings (SSSR count). The largest absolute Gasteiger partial charge is 0.304 e. The summed E-state index contributed by atoms with van der Waals surface area (Å²) in [5, 5.41) is 0. The van der Waals surface area contributed by atoms with Gasteiger partial charge in [0.05, 0.1) is 0 Å². The highest BCUT2D eigenvalue weighted by molar-refractivity contribution is 14.1. The Morgan fingerprint density at radius 3 is 2.33 bits per heavy atom. The summed E-state index contributed by atoms with van der Waals surface area (Å²) >= 11 is 2.44. The third-order valence-corrected chi connectivity index (χ3v) is 3.97. The highest BCUT2D eigenvalue weighted by atomic mass is 127. The lowest BCUT2D eigenvalue weighted by atomic mass is 9.85. The van der Waals surface area contributed by atoms with Crippen LogP contribution in [-0.2, 0) is 0 Å². The van der Waals surface area contributed by atoms with Crippen LogP contribution in [0.1, 0.15) is 13.8 Å². The van der Waals surface area contributed by atoms with Crippen molar-refractivity contribution < 1.29 is 0 Å². The van der Waals surface area contributed by atoms with Crippen molar-refractivity contribution in [2.45, 2.75) is 31.8 Å². The van der Waals surface area contributed by atoms with E-state index in [4.69, 9.17) is 0 Å². The maximum Gasteiger partial charge on any atom is 0.126 e. The lowest BCUT2D eigenvalue weighted by Gasteiger charge is -2.43. The van der Waals surface area contributed by atoms with E-state index >= 15 is 0 Å². The van der Waals surface area contributed by atoms with Crippen molar-refractivity contribution in [3.05, 3.63) is 0 Å². The van der Waals surface area contributed by atoms with Gasteiger partial charge in [0.15, 0.2) is 0 Å². The first-order chi connectivity index (χ1) is 5.52. The Morgan fingerprint density at radius 1 is 1.25 bits per heavy atom. The summed E-state index contributed by atoms with van der Waals surface area (Å²) in [5.41, 5.74) is 0. The van der Waals surface area contributed by atoms with E-state index in [0.717, 1.165) is 0 Å². The van der Waals surface area contributed by atoms with Gasteiger partial charge >= 0.3 is 0 Å². The van der Waals surface area contributed by atoms with Crippen LogP contribution in [0.3, 0.4) is 0 Å². The number of halogens is 1. The van der Waals surface area contributed by atoms with E-state index in [-0.39, 0.29) is 0 Å². The Kier molecular flexibility index (Phi) is 3.92. The number of hydrogen-bond donors (Lipinski definition) is 0. The Balaban J connectivity index is 2.55. The first-order valence-electron chi connectivity index (χ1n) is 4.70. The van der Waals surface area contributed by atoms with E-state index in [1.54, 1.807) is 0 Å². The summed E-state index contributed by atoms with van der Waals surface area (Å²) in [6.45, 7) is 6.97. The molecule has 1 fully saturated rings. The van der Waals surface area contributed by atoms with Gasteiger partial charge in [-0.15, -0.1) is 0 Å². The maximum atomic E-state index is 2.58. The minimum atomic E-state index is 0.688. The molecule has 68 valence electrons. The van der Waals surface area contributed by atoms with Crippen LogP contribution in [0.4, 0.5) is 0 Å². The average molecular weight is 278 g/mol. The third-order valence-electron chi connectivity index (χ3n) is 2.62. The van der Waals surface area contributed by atoms with Crippen LogP contribution in [0.2, 0.25) is 0 Å². The molecule has 0 N–H and O–H groups in total. The van der Waals surface area contributed by atoms with Gasteiger partial charge in [0, 0.05) is 47.9 Å². The molecule has 1 heterocycles. The number of nitrogens with zero attached hydrogens (tertiary/aromatic N) is 2. The molecule has 5 heteroatoms. The molecule has 0 saturated carbocycles. The van der Waals surface area contributed by atoms with Gasteiger partial charge in [-0.2, -0.15) is 0 Å². The van der Waals surface area contributed by atoms with Crippen molar-refractivity contribution in [3.8, 4) is 0 Å². The topological polar surface area (TPSA) is 6.48 Å². The molecule has 0 aromatic carbocycles. The van der Waals surface area contributed by atoms with Crippen molar-refractivity contribution in [3.63, 3.8) is 0 Å². The van der Waals surface area contributed by atoms with Crippen molar-refractivity contribution in [1.29, 1.82) is 0 Å². The summed E-state index contributed by atoms with van der Waals surface area (Å²) in [7, 11) is 4.62. The van der Waals surface area contributed by atoms with Crippen LogP contribution >= 0.6 is 22.9 Å². The Hall–Kier alpha value is 0.780. The first-order valence-corrected chi connectivity index (χ1v) is 5.67. The molecule has 0 spiro atoms. The molecule has 2 unspecified atom stereocenters. The van der Waals surface area contributed by atoms with Crippen LogP contribution in [-0.4, -0.2) is 54.7 Å². The van der Waals surface area contributed by atoms with Crippen LogP contribution in [0.5, 0.6) is 0 Å². The fourth-order valence-corrected chi connectivity index (χ4v) is 2.58. The predicted octanol–water partition coefficient (Wildman–Crippen LogP) is -0.719. The fourth-order valence-electron chi connectivity index (χ4n) is 1.83. The molecule has 0 aromatic rings. The van der Waals surface area contributed by atoms with Gasteiger partial charge in [-0.05, 0) is 19.8 Å². The highest BCUT2D eigenvalue weighted by Crippen LogP contribution is 2.17. The molecular formula is C7H17B2IN2. The molecule has 2 nitrogen and oxygen atoms in total. The molecule has 0 aromatic heterocycles. The minimum absolute atomic E-state index is 0.688. The van der Waals surface area contributed by atoms with E-state index in [0.29, 0.717) is 17.9 Å². The lowest BCUT2D eigenvalue weighted by molar-refractivity contribution is 0.130. The summed E-state index contributed by atoms with van der Waals surface area (Å²) in [6.07, 6.45) is 0. The molecule has 0 bridgehead atoms. The smallest absolute Gasteiger partial charge is 0.126 e. The second kappa shape index (κ2) is 4.33. The molecule has 0 aliphatic carbocycles. The van der Waals surface area contributed by atoms with E-state index < -0.39 is 0 Å². The average Bonchev–Trinajstić information content (AvgIpc) is 1.96. The second-order valence-electron chi connectivity index (χ2n) is 4.07. The van der Waals surface area contributed by atoms with Crippen LogP contribution in [0.15, 0.2) is 0 Å². The zero-order valence-corrected chi connectivity index (χ0v) is 10.6. The zero-order valence-electron chi connectivity index (χ0n) is 8.42. The quantitative estimate of drug-likeness (QED) is 0.355. The maximum absolute atomic E-state index is 2.58. The monoisotopic (exact) mass is 278 g/mol. The van der Waals surface area contributed by atoms with E-state index in [1.165, 1.54) is 13.1 Å². The Labute approximate surface area is 91.4 Å². The predicted molar refractivity (Wildman–Crippen MR) is 67.2 cm³/mol. The Bertz CT molecular complexity index is 156. The first kappa shape index (κ1) is 10.9. The lowest BCUT2D eigenvalue weighted by Crippen LogP contribution is -2.57. The van der Waals surface area contributed by atoms with Gasteiger partial charge in [-0.1, -0.05) is 0 Å². The molecular weight excluding hydrogens is 261 g/mol. The molecule has 0 radical (unpaired) electrons. The van der Waals surface area contributed by atoms with Crippen LogP contribution < -0.4 is 0 Å². The molecule has 0 amide bonds.